The Morgan fingerprint density at radius 2 is 1.86 bits per heavy atom. The van der Waals surface area contributed by atoms with Crippen molar-refractivity contribution in [1.29, 1.82) is 5.26 Å². The van der Waals surface area contributed by atoms with E-state index in [-0.39, 0.29) is 22.8 Å². The van der Waals surface area contributed by atoms with E-state index in [0.29, 0.717) is 16.7 Å². The van der Waals surface area contributed by atoms with Gasteiger partial charge in [0.25, 0.3) is 11.5 Å². The van der Waals surface area contributed by atoms with Crippen LogP contribution in [-0.2, 0) is 15.1 Å². The summed E-state index contributed by atoms with van der Waals surface area (Å²) in [4.78, 5) is 10.4. The zero-order valence-corrected chi connectivity index (χ0v) is 26.5. The number of hydrazine groups is 1. The van der Waals surface area contributed by atoms with E-state index in [1.165, 1.54) is 36.0 Å². The largest absolute Gasteiger partial charge is 0.744 e. The third kappa shape index (κ3) is 6.40. The molecule has 2 aliphatic rings. The molecule has 5 rings (SSSR count). The van der Waals surface area contributed by atoms with E-state index in [9.17, 15) is 28.3 Å². The Hall–Kier alpha value is -3.51. The summed E-state index contributed by atoms with van der Waals surface area (Å²) < 4.78 is 33.3. The van der Waals surface area contributed by atoms with Gasteiger partial charge in [0.1, 0.15) is 15.8 Å². The number of benzene rings is 3. The van der Waals surface area contributed by atoms with Crippen LogP contribution >= 0.6 is 23.4 Å². The van der Waals surface area contributed by atoms with Crippen molar-refractivity contribution >= 4 is 50.7 Å². The predicted octanol–water partition coefficient (Wildman–Crippen LogP) is 4.75. The molecule has 3 aromatic carbocycles. The summed E-state index contributed by atoms with van der Waals surface area (Å²) in [6.07, 6.45) is 1.76. The van der Waals surface area contributed by atoms with Crippen LogP contribution in [0.2, 0.25) is 0 Å². The van der Waals surface area contributed by atoms with Crippen molar-refractivity contribution in [1.82, 2.24) is 15.8 Å². The lowest BCUT2D eigenvalue weighted by molar-refractivity contribution is -0.503. The lowest BCUT2D eigenvalue weighted by atomic mass is 9.92. The Bertz CT molecular complexity index is 1740. The van der Waals surface area contributed by atoms with Crippen molar-refractivity contribution in [2.24, 2.45) is 0 Å². The van der Waals surface area contributed by atoms with Gasteiger partial charge in [0.15, 0.2) is 5.00 Å². The molecule has 0 radical (unpaired) electrons. The number of thioether (sulfide) groups is 1. The van der Waals surface area contributed by atoms with Gasteiger partial charge >= 0.3 is 0 Å². The van der Waals surface area contributed by atoms with Crippen LogP contribution in [0.3, 0.4) is 0 Å². The van der Waals surface area contributed by atoms with Crippen LogP contribution in [0.15, 0.2) is 70.5 Å². The van der Waals surface area contributed by atoms with E-state index in [2.05, 4.69) is 33.3 Å². The number of nitro benzene ring substituents is 1. The van der Waals surface area contributed by atoms with Gasteiger partial charge in [0, 0.05) is 30.5 Å². The maximum Gasteiger partial charge on any atom is 0.270 e. The number of fused-ring (bicyclic) bond motifs is 3. The molecular weight excluding hydrogens is 612 g/mol. The number of nitro groups is 1. The van der Waals surface area contributed by atoms with E-state index in [0.717, 1.165) is 28.5 Å². The van der Waals surface area contributed by atoms with Crippen molar-refractivity contribution in [3.63, 3.8) is 0 Å². The molecule has 11 nitrogen and oxygen atoms in total. The summed E-state index contributed by atoms with van der Waals surface area (Å²) >= 11 is 8.81. The molecule has 0 aromatic heterocycles. The third-order valence-electron chi connectivity index (χ3n) is 7.28. The fraction of sp³-hybridized carbons (Fsp3) is 0.310. The molecule has 226 valence electrons. The van der Waals surface area contributed by atoms with Crippen LogP contribution in [0.4, 0.5) is 11.4 Å². The summed E-state index contributed by atoms with van der Waals surface area (Å²) in [5.41, 5.74) is 6.62. The van der Waals surface area contributed by atoms with Gasteiger partial charge in [-0.1, -0.05) is 35.4 Å². The first-order chi connectivity index (χ1) is 20.2. The molecular formula is C29H31ClN6O5S2. The second kappa shape index (κ2) is 12.6. The average Bonchev–Trinajstić information content (AvgIpc) is 3.27. The monoisotopic (exact) mass is 642 g/mol. The molecule has 0 bridgehead atoms. The Labute approximate surface area is 260 Å². The molecule has 3 atom stereocenters. The van der Waals surface area contributed by atoms with Crippen molar-refractivity contribution in [2.45, 2.75) is 54.7 Å². The second-order valence-electron chi connectivity index (χ2n) is 10.1. The highest BCUT2D eigenvalue weighted by atomic mass is 35.5. The van der Waals surface area contributed by atoms with Gasteiger partial charge in [-0.2, -0.15) is 10.7 Å². The Kier molecular flexibility index (Phi) is 9.51. The minimum Gasteiger partial charge on any atom is -0.744 e. The minimum atomic E-state index is -4.27. The van der Waals surface area contributed by atoms with Gasteiger partial charge in [-0.3, -0.25) is 15.4 Å². The van der Waals surface area contributed by atoms with Crippen LogP contribution in [0.5, 0.6) is 0 Å². The van der Waals surface area contributed by atoms with Gasteiger partial charge in [0.2, 0.25) is 6.17 Å². The van der Waals surface area contributed by atoms with E-state index < -0.39 is 20.0 Å². The van der Waals surface area contributed by atoms with Crippen molar-refractivity contribution in [3.05, 3.63) is 93.0 Å². The standard InChI is InChI=1S/C22H23ClN6O2S.C7H8O3S/c1-5-27-21-13(2)25-22(23,16-9-17(29(30)31)11-18(10-16)32-4)20-15(12-24)7-6-8-19(20)28(21)14(3)26-27;1-6-2-4-7(5-3-6)11(8,9)10/h6-11,13,21,25H,5H2,1-4H3;2-5H,1H3,(H,8,9,10). The number of nitriles is 1. The number of nitrogens with one attached hydrogen (secondary N) is 2. The molecule has 43 heavy (non-hydrogen) atoms. The van der Waals surface area contributed by atoms with Gasteiger partial charge in [-0.05, 0) is 62.9 Å². The molecule has 2 aliphatic heterocycles. The van der Waals surface area contributed by atoms with E-state index in [1.807, 2.05) is 45.2 Å². The smallest absolute Gasteiger partial charge is 0.270 e. The molecule has 0 fully saturated rings. The van der Waals surface area contributed by atoms with Gasteiger partial charge < -0.3 is 4.55 Å². The van der Waals surface area contributed by atoms with Crippen molar-refractivity contribution in [2.75, 3.05) is 12.8 Å². The molecule has 0 amide bonds. The first kappa shape index (κ1) is 32.4. The molecule has 14 heteroatoms. The quantitative estimate of drug-likeness (QED) is 0.0758. The highest BCUT2D eigenvalue weighted by molar-refractivity contribution is 7.98. The van der Waals surface area contributed by atoms with Crippen LogP contribution in [0, 0.1) is 28.4 Å². The number of amidine groups is 1. The summed E-state index contributed by atoms with van der Waals surface area (Å²) in [7, 11) is -4.27. The maximum atomic E-state index is 11.6. The highest BCUT2D eigenvalue weighted by Crippen LogP contribution is 2.46. The molecule has 0 saturated heterocycles. The molecule has 0 spiro atoms. The van der Waals surface area contributed by atoms with Crippen molar-refractivity contribution < 1.29 is 22.5 Å². The molecule has 3 aromatic rings. The summed E-state index contributed by atoms with van der Waals surface area (Å²) in [5, 5.41) is 27.3. The Balaban J connectivity index is 0.000000324. The number of likely N-dealkylation sites (N-methyl/N-ethyl adjacent to an activating group) is 1. The van der Waals surface area contributed by atoms with Gasteiger partial charge in [-0.15, -0.1) is 16.8 Å². The van der Waals surface area contributed by atoms with Crippen LogP contribution in [0.25, 0.3) is 0 Å². The first-order valence-electron chi connectivity index (χ1n) is 13.3. The van der Waals surface area contributed by atoms with Crippen molar-refractivity contribution in [3.8, 4) is 6.07 Å². The molecule has 0 saturated carbocycles. The number of rotatable bonds is 5. The summed E-state index contributed by atoms with van der Waals surface area (Å²) in [6, 6.07) is 18.3. The zero-order chi connectivity index (χ0) is 31.7. The van der Waals surface area contributed by atoms with Crippen LogP contribution in [-0.4, -0.2) is 58.3 Å². The lowest BCUT2D eigenvalue weighted by Crippen LogP contribution is -2.54. The van der Waals surface area contributed by atoms with Gasteiger partial charge in [-0.25, -0.2) is 13.0 Å². The molecule has 3 unspecified atom stereocenters. The number of alkyl halides is 1. The summed E-state index contributed by atoms with van der Waals surface area (Å²) in [5.74, 6) is 0.923. The van der Waals surface area contributed by atoms with Crippen LogP contribution < -0.4 is 10.7 Å². The number of aryl methyl sites for hydroxylation is 1. The first-order valence-corrected chi connectivity index (χ1v) is 16.3. The number of hydrogen-bond acceptors (Lipinski definition) is 10. The Morgan fingerprint density at radius 1 is 1.19 bits per heavy atom. The maximum absolute atomic E-state index is 11.6. The van der Waals surface area contributed by atoms with Crippen LogP contribution in [0.1, 0.15) is 43.0 Å². The number of non-ortho nitro benzene ring substituents is 1. The zero-order valence-electron chi connectivity index (χ0n) is 24.2. The summed E-state index contributed by atoms with van der Waals surface area (Å²) in [6.45, 7) is 8.65. The molecule has 2 N–H and O–H groups in total. The number of halogens is 1. The van der Waals surface area contributed by atoms with E-state index in [4.69, 9.17) is 11.6 Å². The molecule has 0 aliphatic carbocycles. The van der Waals surface area contributed by atoms with E-state index in [1.54, 1.807) is 18.2 Å². The second-order valence-corrected chi connectivity index (χ2v) is 12.9. The highest BCUT2D eigenvalue weighted by Gasteiger charge is 2.51. The topological polar surface area (TPSA) is 154 Å². The normalized spacial score (nSPS) is 21.4. The average molecular weight is 643 g/mol. The number of nitrogens with zero attached hydrogens (tertiary/aromatic N) is 4. The SMILES string of the molecule is CCN1NC(C)=[N+]2c3cccc(C#N)c3C(Cl)(c3cc(SC)cc([N+](=O)[O-])c3)NC(C)C12.Cc1ccc(S(=O)(=O)[O-])cc1. The fourth-order valence-electron chi connectivity index (χ4n) is 5.34. The van der Waals surface area contributed by atoms with E-state index >= 15 is 0 Å². The fourth-order valence-corrected chi connectivity index (χ4v) is 6.78. The Morgan fingerprint density at radius 3 is 2.42 bits per heavy atom. The predicted molar refractivity (Wildman–Crippen MR) is 164 cm³/mol. The van der Waals surface area contributed by atoms with Gasteiger partial charge in [0.05, 0.1) is 33.1 Å². The minimum absolute atomic E-state index is 0.0401. The lowest BCUT2D eigenvalue weighted by Gasteiger charge is -2.32. The third-order valence-corrected chi connectivity index (χ3v) is 9.35. The number of hydrogen-bond donors (Lipinski definition) is 2. The molecule has 2 heterocycles.